The molecule has 0 amide bonds. The Bertz CT molecular complexity index is 507. The van der Waals surface area contributed by atoms with Crippen molar-refractivity contribution >= 4 is 0 Å². The van der Waals surface area contributed by atoms with Crippen LogP contribution in [0.1, 0.15) is 17.0 Å². The van der Waals surface area contributed by atoms with E-state index in [1.807, 2.05) is 32.3 Å². The summed E-state index contributed by atoms with van der Waals surface area (Å²) in [5.74, 6) is 0.738. The summed E-state index contributed by atoms with van der Waals surface area (Å²) >= 11 is 0. The minimum absolute atomic E-state index is 0.379. The first-order chi connectivity index (χ1) is 8.19. The number of aryl methyl sites for hydroxylation is 2. The molecule has 0 spiro atoms. The number of ether oxygens (including phenoxy) is 1. The van der Waals surface area contributed by atoms with E-state index in [0.29, 0.717) is 13.2 Å². The quantitative estimate of drug-likeness (QED) is 0.859. The van der Waals surface area contributed by atoms with Crippen LogP contribution in [0.3, 0.4) is 0 Å². The van der Waals surface area contributed by atoms with Crippen LogP contribution in [-0.2, 0) is 20.2 Å². The molecular weight excluding hydrogens is 216 g/mol. The second-order valence-corrected chi connectivity index (χ2v) is 3.91. The maximum Gasteiger partial charge on any atom is 0.142 e. The van der Waals surface area contributed by atoms with Crippen LogP contribution in [0.5, 0.6) is 5.75 Å². The highest BCUT2D eigenvalue weighted by molar-refractivity contribution is 5.29. The molecule has 0 radical (unpaired) electrons. The van der Waals surface area contributed by atoms with E-state index in [-0.39, 0.29) is 0 Å². The molecule has 0 aliphatic rings. The number of rotatable bonds is 4. The Balaban J connectivity index is 2.08. The van der Waals surface area contributed by atoms with E-state index >= 15 is 0 Å². The molecule has 0 unspecified atom stereocenters. The molecule has 0 aromatic carbocycles. The monoisotopic (exact) mass is 232 g/mol. The molecule has 2 N–H and O–H groups in total. The molecule has 90 valence electrons. The molecule has 0 aliphatic heterocycles. The van der Waals surface area contributed by atoms with Gasteiger partial charge in [0, 0.05) is 31.0 Å². The van der Waals surface area contributed by atoms with Crippen molar-refractivity contribution in [3.63, 3.8) is 0 Å². The third kappa shape index (κ3) is 2.82. The standard InChI is InChI=1S/C12H16N4O/c1-9-3-4-12(11(5-13)15-9)17-8-10-6-14-16(2)7-10/h3-4,6-7H,5,8,13H2,1-2H3. The lowest BCUT2D eigenvalue weighted by Gasteiger charge is -2.09. The average Bonchev–Trinajstić information content (AvgIpc) is 2.73. The predicted octanol–water partition coefficient (Wildman–Crippen LogP) is 1.16. The van der Waals surface area contributed by atoms with Gasteiger partial charge >= 0.3 is 0 Å². The lowest BCUT2D eigenvalue weighted by atomic mass is 10.3. The zero-order valence-corrected chi connectivity index (χ0v) is 10.1. The number of aromatic nitrogens is 3. The summed E-state index contributed by atoms with van der Waals surface area (Å²) in [6.45, 7) is 2.79. The number of pyridine rings is 1. The largest absolute Gasteiger partial charge is 0.487 e. The minimum Gasteiger partial charge on any atom is -0.487 e. The third-order valence-electron chi connectivity index (χ3n) is 2.42. The molecule has 5 nitrogen and oxygen atoms in total. The van der Waals surface area contributed by atoms with Crippen LogP contribution in [0.15, 0.2) is 24.5 Å². The van der Waals surface area contributed by atoms with Crippen LogP contribution in [-0.4, -0.2) is 14.8 Å². The molecule has 2 aromatic heterocycles. The summed E-state index contributed by atoms with van der Waals surface area (Å²) in [7, 11) is 1.88. The normalized spacial score (nSPS) is 10.5. The Morgan fingerprint density at radius 2 is 2.24 bits per heavy atom. The van der Waals surface area contributed by atoms with Crippen molar-refractivity contribution in [2.75, 3.05) is 0 Å². The molecular formula is C12H16N4O. The van der Waals surface area contributed by atoms with Crippen molar-refractivity contribution in [2.24, 2.45) is 12.8 Å². The Morgan fingerprint density at radius 1 is 1.41 bits per heavy atom. The minimum atomic E-state index is 0.379. The molecule has 0 aliphatic carbocycles. The van der Waals surface area contributed by atoms with Crippen molar-refractivity contribution in [1.82, 2.24) is 14.8 Å². The molecule has 17 heavy (non-hydrogen) atoms. The molecule has 2 rings (SSSR count). The predicted molar refractivity (Wildman–Crippen MR) is 64.4 cm³/mol. The SMILES string of the molecule is Cc1ccc(OCc2cnn(C)c2)c(CN)n1. The third-order valence-corrected chi connectivity index (χ3v) is 2.42. The number of nitrogens with two attached hydrogens (primary N) is 1. The Kier molecular flexibility index (Phi) is 3.39. The Morgan fingerprint density at radius 3 is 2.88 bits per heavy atom. The highest BCUT2D eigenvalue weighted by atomic mass is 16.5. The summed E-state index contributed by atoms with van der Waals surface area (Å²) in [5, 5.41) is 4.08. The van der Waals surface area contributed by atoms with Gasteiger partial charge in [0.15, 0.2) is 0 Å². The number of hydrogen-bond donors (Lipinski definition) is 1. The van der Waals surface area contributed by atoms with Crippen LogP contribution in [0.2, 0.25) is 0 Å². The summed E-state index contributed by atoms with van der Waals surface area (Å²) in [5.41, 5.74) is 8.39. The summed E-state index contributed by atoms with van der Waals surface area (Å²) in [6.07, 6.45) is 3.70. The lowest BCUT2D eigenvalue weighted by Crippen LogP contribution is -2.05. The van der Waals surface area contributed by atoms with Crippen LogP contribution in [0.25, 0.3) is 0 Å². The summed E-state index contributed by atoms with van der Waals surface area (Å²) in [6, 6.07) is 3.82. The van der Waals surface area contributed by atoms with Gasteiger partial charge in [-0.2, -0.15) is 5.10 Å². The zero-order chi connectivity index (χ0) is 12.3. The fourth-order valence-corrected chi connectivity index (χ4v) is 1.58. The molecule has 0 fully saturated rings. The maximum atomic E-state index is 5.69. The molecule has 2 aromatic rings. The second kappa shape index (κ2) is 4.97. The van der Waals surface area contributed by atoms with E-state index < -0.39 is 0 Å². The van der Waals surface area contributed by atoms with E-state index in [4.69, 9.17) is 10.5 Å². The first-order valence-corrected chi connectivity index (χ1v) is 5.46. The van der Waals surface area contributed by atoms with Crippen molar-refractivity contribution in [2.45, 2.75) is 20.1 Å². The van der Waals surface area contributed by atoms with Gasteiger partial charge in [-0.05, 0) is 19.1 Å². The van der Waals surface area contributed by atoms with Gasteiger partial charge < -0.3 is 10.5 Å². The molecule has 0 saturated carbocycles. The van der Waals surface area contributed by atoms with Gasteiger partial charge in [-0.1, -0.05) is 0 Å². The van der Waals surface area contributed by atoms with E-state index in [9.17, 15) is 0 Å². The van der Waals surface area contributed by atoms with Crippen LogP contribution in [0, 0.1) is 6.92 Å². The summed E-state index contributed by atoms with van der Waals surface area (Å²) in [4.78, 5) is 4.34. The van der Waals surface area contributed by atoms with Crippen molar-refractivity contribution in [3.8, 4) is 5.75 Å². The fraction of sp³-hybridized carbons (Fsp3) is 0.333. The molecule has 5 heteroatoms. The van der Waals surface area contributed by atoms with Gasteiger partial charge in [0.1, 0.15) is 12.4 Å². The maximum absolute atomic E-state index is 5.69. The second-order valence-electron chi connectivity index (χ2n) is 3.91. The Hall–Kier alpha value is -1.88. The smallest absolute Gasteiger partial charge is 0.142 e. The van der Waals surface area contributed by atoms with Crippen LogP contribution in [0.4, 0.5) is 0 Å². The highest BCUT2D eigenvalue weighted by Gasteiger charge is 2.05. The van der Waals surface area contributed by atoms with E-state index in [2.05, 4.69) is 10.1 Å². The van der Waals surface area contributed by atoms with Gasteiger partial charge in [-0.3, -0.25) is 9.67 Å². The van der Waals surface area contributed by atoms with E-state index in [1.165, 1.54) is 0 Å². The van der Waals surface area contributed by atoms with Crippen LogP contribution < -0.4 is 10.5 Å². The average molecular weight is 232 g/mol. The lowest BCUT2D eigenvalue weighted by molar-refractivity contribution is 0.301. The van der Waals surface area contributed by atoms with E-state index in [0.717, 1.165) is 22.7 Å². The summed E-state index contributed by atoms with van der Waals surface area (Å²) < 4.78 is 7.43. The molecule has 2 heterocycles. The first kappa shape index (κ1) is 11.6. The molecule has 0 bridgehead atoms. The van der Waals surface area contributed by atoms with Gasteiger partial charge in [-0.25, -0.2) is 0 Å². The first-order valence-electron chi connectivity index (χ1n) is 5.46. The zero-order valence-electron chi connectivity index (χ0n) is 10.1. The fourth-order valence-electron chi connectivity index (χ4n) is 1.58. The van der Waals surface area contributed by atoms with E-state index in [1.54, 1.807) is 10.9 Å². The van der Waals surface area contributed by atoms with Gasteiger partial charge in [0.25, 0.3) is 0 Å². The topological polar surface area (TPSA) is 66.0 Å². The van der Waals surface area contributed by atoms with Crippen molar-refractivity contribution in [1.29, 1.82) is 0 Å². The van der Waals surface area contributed by atoms with Gasteiger partial charge in [0.2, 0.25) is 0 Å². The highest BCUT2D eigenvalue weighted by Crippen LogP contribution is 2.17. The molecule has 0 saturated heterocycles. The molecule has 0 atom stereocenters. The van der Waals surface area contributed by atoms with Gasteiger partial charge in [0.05, 0.1) is 11.9 Å². The Labute approximate surface area is 100 Å². The number of hydrogen-bond acceptors (Lipinski definition) is 4. The van der Waals surface area contributed by atoms with Crippen molar-refractivity contribution in [3.05, 3.63) is 41.5 Å². The van der Waals surface area contributed by atoms with Crippen LogP contribution >= 0.6 is 0 Å². The van der Waals surface area contributed by atoms with Gasteiger partial charge in [-0.15, -0.1) is 0 Å². The van der Waals surface area contributed by atoms with Crippen molar-refractivity contribution < 1.29 is 4.74 Å². The number of nitrogens with zero attached hydrogens (tertiary/aromatic N) is 3.